The molecule has 116 valence electrons. The highest BCUT2D eigenvalue weighted by Crippen LogP contribution is 2.28. The molecule has 1 saturated carbocycles. The molecule has 1 fully saturated rings. The van der Waals surface area contributed by atoms with Crippen LogP contribution in [0, 0.1) is 5.92 Å². The molecule has 1 amide bonds. The lowest BCUT2D eigenvalue weighted by Gasteiger charge is -2.17. The van der Waals surface area contributed by atoms with Crippen molar-refractivity contribution in [1.82, 2.24) is 9.88 Å². The summed E-state index contributed by atoms with van der Waals surface area (Å²) in [4.78, 5) is 18.2. The lowest BCUT2D eigenvalue weighted by atomic mass is 10.3. The van der Waals surface area contributed by atoms with E-state index in [2.05, 4.69) is 10.3 Å². The summed E-state index contributed by atoms with van der Waals surface area (Å²) in [6.07, 6.45) is 2.54. The van der Waals surface area contributed by atoms with Crippen molar-refractivity contribution >= 4 is 23.3 Å². The van der Waals surface area contributed by atoms with Gasteiger partial charge in [0.05, 0.1) is 11.6 Å². The van der Waals surface area contributed by atoms with Crippen LogP contribution in [0.25, 0.3) is 0 Å². The van der Waals surface area contributed by atoms with Gasteiger partial charge in [0, 0.05) is 26.7 Å². The van der Waals surface area contributed by atoms with Crippen LogP contribution < -0.4 is 5.32 Å². The maximum atomic E-state index is 12.4. The standard InChI is InChI=1S/C15H22ClN3O2/c1-3-17-13-7-6-12(16)14(18-13)15(20)19(2)8-9-21-10-11-4-5-11/h6-7,11H,3-5,8-10H2,1-2H3,(H,17,18). The average molecular weight is 312 g/mol. The van der Waals surface area contributed by atoms with Gasteiger partial charge < -0.3 is 15.0 Å². The third-order valence-electron chi connectivity index (χ3n) is 3.37. The predicted octanol–water partition coefficient (Wildman–Crippen LogP) is 2.67. The summed E-state index contributed by atoms with van der Waals surface area (Å²) >= 11 is 6.08. The first-order chi connectivity index (χ1) is 10.1. The molecule has 0 aromatic carbocycles. The van der Waals surface area contributed by atoms with Crippen LogP contribution >= 0.6 is 11.6 Å². The number of anilines is 1. The van der Waals surface area contributed by atoms with Gasteiger partial charge in [-0.25, -0.2) is 4.98 Å². The summed E-state index contributed by atoms with van der Waals surface area (Å²) in [6, 6.07) is 3.46. The molecule has 0 spiro atoms. The van der Waals surface area contributed by atoms with E-state index in [9.17, 15) is 4.79 Å². The molecule has 0 atom stereocenters. The lowest BCUT2D eigenvalue weighted by molar-refractivity contribution is 0.0676. The largest absolute Gasteiger partial charge is 0.379 e. The van der Waals surface area contributed by atoms with Crippen LogP contribution in [-0.2, 0) is 4.74 Å². The molecule has 6 heteroatoms. The minimum absolute atomic E-state index is 0.185. The fourth-order valence-corrected chi connectivity index (χ4v) is 2.08. The number of aromatic nitrogens is 1. The molecule has 2 rings (SSSR count). The van der Waals surface area contributed by atoms with Crippen molar-refractivity contribution in [3.63, 3.8) is 0 Å². The monoisotopic (exact) mass is 311 g/mol. The first kappa shape index (κ1) is 16.0. The fourth-order valence-electron chi connectivity index (χ4n) is 1.89. The first-order valence-corrected chi connectivity index (χ1v) is 7.73. The van der Waals surface area contributed by atoms with Crippen LogP contribution in [0.15, 0.2) is 12.1 Å². The molecule has 5 nitrogen and oxygen atoms in total. The number of hydrogen-bond acceptors (Lipinski definition) is 4. The van der Waals surface area contributed by atoms with Gasteiger partial charge in [-0.05, 0) is 37.8 Å². The van der Waals surface area contributed by atoms with Gasteiger partial charge in [0.1, 0.15) is 11.5 Å². The number of carbonyl (C=O) groups is 1. The number of ether oxygens (including phenoxy) is 1. The van der Waals surface area contributed by atoms with Crippen molar-refractivity contribution in [3.05, 3.63) is 22.8 Å². The molecule has 1 aliphatic rings. The molecule has 1 heterocycles. The molecule has 1 aromatic heterocycles. The van der Waals surface area contributed by atoms with Gasteiger partial charge in [0.25, 0.3) is 5.91 Å². The van der Waals surface area contributed by atoms with E-state index in [0.717, 1.165) is 19.1 Å². The summed E-state index contributed by atoms with van der Waals surface area (Å²) in [6.45, 7) is 4.60. The molecule has 0 saturated heterocycles. The Morgan fingerprint density at radius 2 is 2.29 bits per heavy atom. The summed E-state index contributed by atoms with van der Waals surface area (Å²) in [5, 5.41) is 3.44. The Labute approximate surface area is 130 Å². The van der Waals surface area contributed by atoms with Crippen molar-refractivity contribution in [3.8, 4) is 0 Å². The second-order valence-electron chi connectivity index (χ2n) is 5.30. The van der Waals surface area contributed by atoms with E-state index in [1.807, 2.05) is 6.92 Å². The Hall–Kier alpha value is -1.33. The van der Waals surface area contributed by atoms with Crippen LogP contribution in [0.1, 0.15) is 30.3 Å². The minimum Gasteiger partial charge on any atom is -0.379 e. The second-order valence-corrected chi connectivity index (χ2v) is 5.71. The molecule has 0 radical (unpaired) electrons. The summed E-state index contributed by atoms with van der Waals surface area (Å²) in [5.41, 5.74) is 0.278. The molecule has 0 bridgehead atoms. The number of nitrogens with zero attached hydrogens (tertiary/aromatic N) is 2. The fraction of sp³-hybridized carbons (Fsp3) is 0.600. The van der Waals surface area contributed by atoms with Gasteiger partial charge in [0.2, 0.25) is 0 Å². The molecule has 0 unspecified atom stereocenters. The second kappa shape index (κ2) is 7.61. The van der Waals surface area contributed by atoms with E-state index in [0.29, 0.717) is 24.0 Å². The van der Waals surface area contributed by atoms with Gasteiger partial charge in [-0.15, -0.1) is 0 Å². The SMILES string of the molecule is CCNc1ccc(Cl)c(C(=O)N(C)CCOCC2CC2)n1. The maximum absolute atomic E-state index is 12.4. The van der Waals surface area contributed by atoms with Gasteiger partial charge in [-0.3, -0.25) is 4.79 Å². The van der Waals surface area contributed by atoms with E-state index in [-0.39, 0.29) is 11.6 Å². The van der Waals surface area contributed by atoms with Crippen LogP contribution in [0.2, 0.25) is 5.02 Å². The molecule has 0 aliphatic heterocycles. The van der Waals surface area contributed by atoms with Crippen LogP contribution in [-0.4, -0.2) is 49.1 Å². The van der Waals surface area contributed by atoms with Crippen LogP contribution in [0.4, 0.5) is 5.82 Å². The first-order valence-electron chi connectivity index (χ1n) is 7.35. The smallest absolute Gasteiger partial charge is 0.273 e. The minimum atomic E-state index is -0.185. The van der Waals surface area contributed by atoms with E-state index in [1.54, 1.807) is 24.1 Å². The summed E-state index contributed by atoms with van der Waals surface area (Å²) in [7, 11) is 1.74. The van der Waals surface area contributed by atoms with Crippen molar-refractivity contribution in [2.45, 2.75) is 19.8 Å². The van der Waals surface area contributed by atoms with E-state index < -0.39 is 0 Å². The van der Waals surface area contributed by atoms with Crippen LogP contribution in [0.5, 0.6) is 0 Å². The Bertz CT molecular complexity index is 492. The number of rotatable bonds is 8. The van der Waals surface area contributed by atoms with Crippen molar-refractivity contribution in [2.24, 2.45) is 5.92 Å². The topological polar surface area (TPSA) is 54.5 Å². The molecular weight excluding hydrogens is 290 g/mol. The zero-order valence-corrected chi connectivity index (χ0v) is 13.3. The third-order valence-corrected chi connectivity index (χ3v) is 3.68. The predicted molar refractivity (Wildman–Crippen MR) is 83.9 cm³/mol. The zero-order chi connectivity index (χ0) is 15.2. The van der Waals surface area contributed by atoms with Gasteiger partial charge in [-0.1, -0.05) is 11.6 Å². The van der Waals surface area contributed by atoms with Crippen molar-refractivity contribution in [2.75, 3.05) is 38.7 Å². The van der Waals surface area contributed by atoms with E-state index in [4.69, 9.17) is 16.3 Å². The van der Waals surface area contributed by atoms with Crippen molar-refractivity contribution < 1.29 is 9.53 Å². The number of nitrogens with one attached hydrogen (secondary N) is 1. The van der Waals surface area contributed by atoms with E-state index in [1.165, 1.54) is 12.8 Å². The highest BCUT2D eigenvalue weighted by Gasteiger charge is 2.21. The maximum Gasteiger partial charge on any atom is 0.273 e. The Balaban J connectivity index is 1.88. The summed E-state index contributed by atoms with van der Waals surface area (Å²) < 4.78 is 5.55. The number of hydrogen-bond donors (Lipinski definition) is 1. The Kier molecular flexibility index (Phi) is 5.82. The molecule has 1 aliphatic carbocycles. The van der Waals surface area contributed by atoms with E-state index >= 15 is 0 Å². The van der Waals surface area contributed by atoms with Crippen LogP contribution in [0.3, 0.4) is 0 Å². The molecule has 1 N–H and O–H groups in total. The number of halogens is 1. The highest BCUT2D eigenvalue weighted by atomic mass is 35.5. The zero-order valence-electron chi connectivity index (χ0n) is 12.6. The highest BCUT2D eigenvalue weighted by molar-refractivity contribution is 6.33. The molecule has 21 heavy (non-hydrogen) atoms. The number of pyridine rings is 1. The number of amides is 1. The molecule has 1 aromatic rings. The van der Waals surface area contributed by atoms with Gasteiger partial charge in [0.15, 0.2) is 0 Å². The quantitative estimate of drug-likeness (QED) is 0.750. The number of likely N-dealkylation sites (N-methyl/N-ethyl adjacent to an activating group) is 1. The molecular formula is C15H22ClN3O2. The normalized spacial score (nSPS) is 14.0. The Morgan fingerprint density at radius 3 is 2.95 bits per heavy atom. The third kappa shape index (κ3) is 4.86. The van der Waals surface area contributed by atoms with Crippen molar-refractivity contribution in [1.29, 1.82) is 0 Å². The lowest BCUT2D eigenvalue weighted by Crippen LogP contribution is -2.31. The van der Waals surface area contributed by atoms with Gasteiger partial charge in [-0.2, -0.15) is 0 Å². The number of carbonyl (C=O) groups excluding carboxylic acids is 1. The average Bonchev–Trinajstić information content (AvgIpc) is 3.29. The summed E-state index contributed by atoms with van der Waals surface area (Å²) in [5.74, 6) is 1.21. The Morgan fingerprint density at radius 1 is 1.52 bits per heavy atom. The van der Waals surface area contributed by atoms with Gasteiger partial charge >= 0.3 is 0 Å².